The first-order chi connectivity index (χ1) is 12.1. The van der Waals surface area contributed by atoms with Gasteiger partial charge in [-0.2, -0.15) is 0 Å². The van der Waals surface area contributed by atoms with Crippen molar-refractivity contribution in [3.05, 3.63) is 91.0 Å². The number of rotatable bonds is 4. The summed E-state index contributed by atoms with van der Waals surface area (Å²) in [6.07, 6.45) is 1.14. The Kier molecular flexibility index (Phi) is 7.71. The van der Waals surface area contributed by atoms with Crippen molar-refractivity contribution in [1.29, 1.82) is 0 Å². The van der Waals surface area contributed by atoms with Crippen LogP contribution in [0.1, 0.15) is 6.92 Å². The maximum absolute atomic E-state index is 9.69. The molecule has 0 nitrogen and oxygen atoms in total. The van der Waals surface area contributed by atoms with Crippen LogP contribution in [0.2, 0.25) is 0 Å². The van der Waals surface area contributed by atoms with Gasteiger partial charge < -0.3 is 0 Å². The van der Waals surface area contributed by atoms with Gasteiger partial charge in [-0.1, -0.05) is 54.6 Å². The summed E-state index contributed by atoms with van der Waals surface area (Å²) in [5.74, 6) is 0. The molecule has 0 amide bonds. The first-order valence-corrected chi connectivity index (χ1v) is 10.8. The molecule has 25 heavy (non-hydrogen) atoms. The summed E-state index contributed by atoms with van der Waals surface area (Å²) in [6, 6.07) is 33.0. The van der Waals surface area contributed by atoms with Crippen molar-refractivity contribution in [2.75, 3.05) is 6.16 Å². The van der Waals surface area contributed by atoms with E-state index in [1.54, 1.807) is 0 Å². The Balaban J connectivity index is 0.000000511. The van der Waals surface area contributed by atoms with Crippen molar-refractivity contribution < 1.29 is 25.9 Å². The van der Waals surface area contributed by atoms with Crippen LogP contribution in [0.25, 0.3) is 0 Å². The minimum atomic E-state index is -3.81. The average molecular weight is 412 g/mol. The second kappa shape index (κ2) is 9.77. The van der Waals surface area contributed by atoms with E-state index in [2.05, 4.69) is 97.9 Å². The Morgan fingerprint density at radius 3 is 1.04 bits per heavy atom. The van der Waals surface area contributed by atoms with Crippen molar-refractivity contribution in [3.8, 4) is 0 Å². The first-order valence-electron chi connectivity index (χ1n) is 7.77. The third-order valence-electron chi connectivity index (χ3n) is 4.07. The predicted molar refractivity (Wildman–Crippen MR) is 99.0 cm³/mol. The number of hydrogen-bond donors (Lipinski definition) is 0. The molecule has 0 atom stereocenters. The Morgan fingerprint density at radius 1 is 0.600 bits per heavy atom. The molecule has 0 aromatic heterocycles. The van der Waals surface area contributed by atoms with E-state index in [1.165, 1.54) is 15.9 Å². The van der Waals surface area contributed by atoms with Crippen LogP contribution in [0.3, 0.4) is 0 Å². The molecule has 0 aliphatic heterocycles. The fourth-order valence-corrected chi connectivity index (χ4v) is 7.08. The van der Waals surface area contributed by atoms with Gasteiger partial charge in [0, 0.05) is 0 Å². The summed E-state index contributed by atoms with van der Waals surface area (Å²) in [7, 11) is -1.53. The molecule has 0 fully saturated rings. The second-order valence-corrected chi connectivity index (χ2v) is 9.47. The third-order valence-corrected chi connectivity index (χ3v) is 8.55. The van der Waals surface area contributed by atoms with Crippen LogP contribution in [-0.4, -0.2) is 6.16 Å². The molecule has 0 aliphatic carbocycles. The maximum atomic E-state index is 9.69. The molecular weight excluding hydrogens is 392 g/mol. The van der Waals surface area contributed by atoms with Crippen LogP contribution in [0, 0.1) is 0 Å². The molecule has 0 saturated carbocycles. The molecule has 0 radical (unpaired) electrons. The standard InChI is InChI=1S/C20H20P.Cu.3FH/c1-2-21(18-12-6-3-7-13-18,19-14-8-4-9-15-19)20-16-10-5-11-17-20;;;;/h3-17H,2H2,1H3;;3*1H/q+1;+2;;;/p-3. The van der Waals surface area contributed by atoms with Crippen molar-refractivity contribution in [3.63, 3.8) is 0 Å². The van der Waals surface area contributed by atoms with E-state index in [1.807, 2.05) is 0 Å². The molecule has 0 bridgehead atoms. The van der Waals surface area contributed by atoms with Crippen molar-refractivity contribution in [2.45, 2.75) is 6.92 Å². The fourth-order valence-electron chi connectivity index (χ4n) is 3.04. The van der Waals surface area contributed by atoms with Crippen molar-refractivity contribution in [1.82, 2.24) is 0 Å². The van der Waals surface area contributed by atoms with Crippen molar-refractivity contribution in [2.24, 2.45) is 0 Å². The van der Waals surface area contributed by atoms with Crippen LogP contribution in [0.4, 0.5) is 10.7 Å². The monoisotopic (exact) mass is 411 g/mol. The van der Waals surface area contributed by atoms with Gasteiger partial charge in [0.2, 0.25) is 0 Å². The molecule has 5 heteroatoms. The van der Waals surface area contributed by atoms with E-state index in [0.717, 1.165) is 6.16 Å². The van der Waals surface area contributed by atoms with Crippen LogP contribution >= 0.6 is 7.26 Å². The summed E-state index contributed by atoms with van der Waals surface area (Å²) in [5.41, 5.74) is 0. The van der Waals surface area contributed by atoms with Crippen LogP contribution < -0.4 is 15.9 Å². The van der Waals surface area contributed by atoms with Gasteiger partial charge in [0.05, 0.1) is 6.16 Å². The fraction of sp³-hybridized carbons (Fsp3) is 0.100. The van der Waals surface area contributed by atoms with Crippen LogP contribution in [-0.2, 0) is 15.3 Å². The number of hydrogen-bond acceptors (Lipinski definition) is 0. The first kappa shape index (κ1) is 19.7. The Bertz CT molecular complexity index is 637. The zero-order chi connectivity index (χ0) is 18.1. The molecule has 137 valence electrons. The molecule has 0 saturated heterocycles. The quantitative estimate of drug-likeness (QED) is 0.406. The molecule has 3 aromatic carbocycles. The van der Waals surface area contributed by atoms with Gasteiger partial charge in [-0.3, -0.25) is 0 Å². The van der Waals surface area contributed by atoms with Crippen LogP contribution in [0.15, 0.2) is 91.0 Å². The minimum absolute atomic E-state index is 1.14. The van der Waals surface area contributed by atoms with Crippen LogP contribution in [0.5, 0.6) is 0 Å². The van der Waals surface area contributed by atoms with Gasteiger partial charge in [-0.05, 0) is 43.3 Å². The van der Waals surface area contributed by atoms with Gasteiger partial charge in [-0.15, -0.1) is 0 Å². The Labute approximate surface area is 153 Å². The summed E-state index contributed by atoms with van der Waals surface area (Å²) in [6.45, 7) is 2.32. The predicted octanol–water partition coefficient (Wildman–Crippen LogP) is 5.26. The zero-order valence-electron chi connectivity index (χ0n) is 13.7. The molecule has 0 unspecified atom stereocenters. The molecule has 3 aromatic rings. The molecule has 0 N–H and O–H groups in total. The van der Waals surface area contributed by atoms with E-state index in [0.29, 0.717) is 0 Å². The molecule has 0 aliphatic rings. The number of halogens is 3. The normalized spacial score (nSPS) is 11.3. The molecule has 0 heterocycles. The SMILES string of the molecule is CC[P+](c1ccccc1)(c1ccccc1)c1ccccc1.[F][Cu-]([F])[F]. The van der Waals surface area contributed by atoms with E-state index in [4.69, 9.17) is 0 Å². The van der Waals surface area contributed by atoms with Gasteiger partial charge in [0.15, 0.2) is 0 Å². The molecular formula is C20H20CuF3P. The zero-order valence-corrected chi connectivity index (χ0v) is 15.6. The van der Waals surface area contributed by atoms with E-state index in [9.17, 15) is 10.7 Å². The summed E-state index contributed by atoms with van der Waals surface area (Å²) < 4.78 is 29.1. The van der Waals surface area contributed by atoms with Gasteiger partial charge >= 0.3 is 25.9 Å². The number of benzene rings is 3. The van der Waals surface area contributed by atoms with Gasteiger partial charge in [-0.25, -0.2) is 0 Å². The second-order valence-electron chi connectivity index (χ2n) is 5.26. The average Bonchev–Trinajstić information content (AvgIpc) is 2.65. The summed E-state index contributed by atoms with van der Waals surface area (Å²) >= 11 is -3.81. The summed E-state index contributed by atoms with van der Waals surface area (Å²) in [4.78, 5) is 0. The Hall–Kier alpha value is -1.60. The third kappa shape index (κ3) is 4.95. The summed E-state index contributed by atoms with van der Waals surface area (Å²) in [5, 5.41) is 4.39. The van der Waals surface area contributed by atoms with E-state index >= 15 is 0 Å². The van der Waals surface area contributed by atoms with E-state index in [-0.39, 0.29) is 0 Å². The molecule has 0 spiro atoms. The van der Waals surface area contributed by atoms with Gasteiger partial charge in [0.1, 0.15) is 23.2 Å². The van der Waals surface area contributed by atoms with Crippen molar-refractivity contribution >= 4 is 23.2 Å². The molecule has 3 rings (SSSR count). The van der Waals surface area contributed by atoms with Gasteiger partial charge in [0.25, 0.3) is 0 Å². The topological polar surface area (TPSA) is 0 Å². The Morgan fingerprint density at radius 2 is 0.840 bits per heavy atom. The van der Waals surface area contributed by atoms with E-state index < -0.39 is 22.5 Å².